The maximum atomic E-state index is 12.0. The van der Waals surface area contributed by atoms with Crippen molar-refractivity contribution in [3.05, 3.63) is 57.7 Å². The summed E-state index contributed by atoms with van der Waals surface area (Å²) in [5.74, 6) is 0.447. The third-order valence-electron chi connectivity index (χ3n) is 2.94. The average molecular weight is 322 g/mol. The average Bonchev–Trinajstić information content (AvgIpc) is 2.51. The largest absolute Gasteiger partial charge is 0.493 e. The van der Waals surface area contributed by atoms with Gasteiger partial charge in [0.05, 0.1) is 12.8 Å². The van der Waals surface area contributed by atoms with E-state index in [0.717, 1.165) is 6.20 Å². The molecular formula is C15H16ClN3O3. The van der Waals surface area contributed by atoms with Crippen molar-refractivity contribution >= 4 is 17.5 Å². The molecule has 0 saturated heterocycles. The number of nitrogens with zero attached hydrogens (tertiary/aromatic N) is 2. The standard InChI is InChI=1S/C15H16ClN3O3/c1-19(15(21)13-9-18-14(20)10-17-13)6-3-7-22-12-5-2-4-11(16)8-12/h2,4-5,8-10H,3,6-7H2,1H3,(H,18,20). The van der Waals surface area contributed by atoms with Crippen LogP contribution in [0.2, 0.25) is 5.02 Å². The van der Waals surface area contributed by atoms with Crippen molar-refractivity contribution in [1.82, 2.24) is 14.9 Å². The highest BCUT2D eigenvalue weighted by atomic mass is 35.5. The number of aromatic nitrogens is 2. The smallest absolute Gasteiger partial charge is 0.273 e. The lowest BCUT2D eigenvalue weighted by Gasteiger charge is -2.16. The van der Waals surface area contributed by atoms with E-state index in [0.29, 0.717) is 30.3 Å². The van der Waals surface area contributed by atoms with Crippen LogP contribution in [0.5, 0.6) is 5.75 Å². The second-order valence-corrected chi connectivity index (χ2v) is 5.12. The number of nitrogens with one attached hydrogen (secondary N) is 1. The van der Waals surface area contributed by atoms with Crippen LogP contribution in [0.4, 0.5) is 0 Å². The molecular weight excluding hydrogens is 306 g/mol. The number of halogens is 1. The lowest BCUT2D eigenvalue weighted by atomic mass is 10.3. The fourth-order valence-corrected chi connectivity index (χ4v) is 1.99. The zero-order chi connectivity index (χ0) is 15.9. The molecule has 22 heavy (non-hydrogen) atoms. The minimum absolute atomic E-state index is 0.206. The summed E-state index contributed by atoms with van der Waals surface area (Å²) in [6.45, 7) is 0.983. The predicted molar refractivity (Wildman–Crippen MR) is 83.4 cm³/mol. The third kappa shape index (κ3) is 4.60. The van der Waals surface area contributed by atoms with Crippen molar-refractivity contribution in [3.63, 3.8) is 0 Å². The van der Waals surface area contributed by atoms with Gasteiger partial charge in [0, 0.05) is 24.8 Å². The topological polar surface area (TPSA) is 75.3 Å². The van der Waals surface area contributed by atoms with Gasteiger partial charge >= 0.3 is 0 Å². The summed E-state index contributed by atoms with van der Waals surface area (Å²) in [5, 5.41) is 0.619. The van der Waals surface area contributed by atoms with Gasteiger partial charge in [0.25, 0.3) is 11.5 Å². The first-order chi connectivity index (χ1) is 10.6. The molecule has 0 unspecified atom stereocenters. The molecule has 0 aliphatic heterocycles. The summed E-state index contributed by atoms with van der Waals surface area (Å²) in [4.78, 5) is 30.7. The Hall–Kier alpha value is -2.34. The first-order valence-electron chi connectivity index (χ1n) is 6.75. The van der Waals surface area contributed by atoms with Gasteiger partial charge in [-0.2, -0.15) is 0 Å². The molecule has 1 amide bonds. The third-order valence-corrected chi connectivity index (χ3v) is 3.18. The molecule has 6 nitrogen and oxygen atoms in total. The van der Waals surface area contributed by atoms with Gasteiger partial charge in [-0.05, 0) is 24.6 Å². The highest BCUT2D eigenvalue weighted by Gasteiger charge is 2.12. The Morgan fingerprint density at radius 1 is 1.45 bits per heavy atom. The molecule has 2 aromatic rings. The first kappa shape index (κ1) is 16.0. The summed E-state index contributed by atoms with van der Waals surface area (Å²) in [7, 11) is 1.68. The number of hydrogen-bond donors (Lipinski definition) is 1. The molecule has 0 fully saturated rings. The van der Waals surface area contributed by atoms with E-state index in [4.69, 9.17) is 16.3 Å². The summed E-state index contributed by atoms with van der Waals surface area (Å²) in [6.07, 6.45) is 3.06. The molecule has 0 atom stereocenters. The van der Waals surface area contributed by atoms with Gasteiger partial charge in [0.2, 0.25) is 0 Å². The minimum atomic E-state index is -0.339. The van der Waals surface area contributed by atoms with Crippen LogP contribution >= 0.6 is 11.6 Å². The normalized spacial score (nSPS) is 10.3. The van der Waals surface area contributed by atoms with Crippen LogP contribution in [0, 0.1) is 0 Å². The molecule has 116 valence electrons. The van der Waals surface area contributed by atoms with Gasteiger partial charge in [-0.3, -0.25) is 9.59 Å². The van der Waals surface area contributed by atoms with E-state index in [1.54, 1.807) is 19.2 Å². The van der Waals surface area contributed by atoms with Gasteiger partial charge < -0.3 is 14.6 Å². The highest BCUT2D eigenvalue weighted by Crippen LogP contribution is 2.17. The Balaban J connectivity index is 1.77. The number of amides is 1. The fourth-order valence-electron chi connectivity index (χ4n) is 1.80. The van der Waals surface area contributed by atoms with E-state index >= 15 is 0 Å². The summed E-state index contributed by atoms with van der Waals surface area (Å²) < 4.78 is 5.55. The lowest BCUT2D eigenvalue weighted by Crippen LogP contribution is -2.30. The number of rotatable bonds is 6. The Morgan fingerprint density at radius 3 is 2.95 bits per heavy atom. The van der Waals surface area contributed by atoms with Crippen molar-refractivity contribution in [2.75, 3.05) is 20.2 Å². The van der Waals surface area contributed by atoms with Crippen LogP contribution in [0.15, 0.2) is 41.5 Å². The lowest BCUT2D eigenvalue weighted by molar-refractivity contribution is 0.0781. The Morgan fingerprint density at radius 2 is 2.27 bits per heavy atom. The van der Waals surface area contributed by atoms with E-state index in [1.165, 1.54) is 11.1 Å². The van der Waals surface area contributed by atoms with E-state index in [2.05, 4.69) is 9.97 Å². The van der Waals surface area contributed by atoms with Crippen LogP contribution in [0.3, 0.4) is 0 Å². The number of hydrogen-bond acceptors (Lipinski definition) is 4. The Kier molecular flexibility index (Phi) is 5.55. The van der Waals surface area contributed by atoms with Crippen molar-refractivity contribution < 1.29 is 9.53 Å². The van der Waals surface area contributed by atoms with Crippen molar-refractivity contribution in [2.24, 2.45) is 0 Å². The van der Waals surface area contributed by atoms with Crippen LogP contribution in [-0.2, 0) is 0 Å². The van der Waals surface area contributed by atoms with Gasteiger partial charge in [-0.15, -0.1) is 0 Å². The molecule has 0 bridgehead atoms. The molecule has 0 saturated carbocycles. The maximum absolute atomic E-state index is 12.0. The monoisotopic (exact) mass is 321 g/mol. The molecule has 1 N–H and O–H groups in total. The summed E-state index contributed by atoms with van der Waals surface area (Å²) >= 11 is 5.86. The number of aromatic amines is 1. The van der Waals surface area contributed by atoms with Crippen molar-refractivity contribution in [3.8, 4) is 5.75 Å². The van der Waals surface area contributed by atoms with Gasteiger partial charge in [0.1, 0.15) is 11.4 Å². The molecule has 1 heterocycles. The second-order valence-electron chi connectivity index (χ2n) is 4.68. The molecule has 0 aliphatic rings. The molecule has 1 aromatic heterocycles. The Labute approximate surface area is 132 Å². The molecule has 0 spiro atoms. The first-order valence-corrected chi connectivity index (χ1v) is 7.12. The zero-order valence-electron chi connectivity index (χ0n) is 12.1. The predicted octanol–water partition coefficient (Wildman–Crippen LogP) is 1.96. The minimum Gasteiger partial charge on any atom is -0.493 e. The van der Waals surface area contributed by atoms with Crippen LogP contribution in [-0.4, -0.2) is 41.0 Å². The molecule has 0 radical (unpaired) electrons. The second kappa shape index (κ2) is 7.61. The van der Waals surface area contributed by atoms with Crippen LogP contribution in [0.1, 0.15) is 16.9 Å². The molecule has 1 aromatic carbocycles. The molecule has 2 rings (SSSR count). The fraction of sp³-hybridized carbons (Fsp3) is 0.267. The number of carbonyl (C=O) groups excluding carboxylic acids is 1. The quantitative estimate of drug-likeness (QED) is 0.825. The number of ether oxygens (including phenoxy) is 1. The van der Waals surface area contributed by atoms with Crippen molar-refractivity contribution in [2.45, 2.75) is 6.42 Å². The molecule has 0 aliphatic carbocycles. The van der Waals surface area contributed by atoms with E-state index in [9.17, 15) is 9.59 Å². The van der Waals surface area contributed by atoms with Crippen LogP contribution in [0.25, 0.3) is 0 Å². The van der Waals surface area contributed by atoms with Crippen molar-refractivity contribution in [1.29, 1.82) is 0 Å². The Bertz CT molecular complexity index is 682. The van der Waals surface area contributed by atoms with Crippen LogP contribution < -0.4 is 10.3 Å². The zero-order valence-corrected chi connectivity index (χ0v) is 12.8. The maximum Gasteiger partial charge on any atom is 0.273 e. The van der Waals surface area contributed by atoms with E-state index in [1.807, 2.05) is 12.1 Å². The van der Waals surface area contributed by atoms with Gasteiger partial charge in [-0.25, -0.2) is 4.98 Å². The molecule has 7 heteroatoms. The SMILES string of the molecule is CN(CCCOc1cccc(Cl)c1)C(=O)c1c[nH]c(=O)cn1. The number of H-pyrrole nitrogens is 1. The van der Waals surface area contributed by atoms with E-state index < -0.39 is 0 Å². The number of carbonyl (C=O) groups is 1. The number of benzene rings is 1. The summed E-state index contributed by atoms with van der Waals surface area (Å²) in [6, 6.07) is 7.15. The van der Waals surface area contributed by atoms with E-state index in [-0.39, 0.29) is 17.2 Å². The van der Waals surface area contributed by atoms with Gasteiger partial charge in [-0.1, -0.05) is 17.7 Å². The van der Waals surface area contributed by atoms with Gasteiger partial charge in [0.15, 0.2) is 0 Å². The highest BCUT2D eigenvalue weighted by molar-refractivity contribution is 6.30. The summed E-state index contributed by atoms with van der Waals surface area (Å²) in [5.41, 5.74) is -0.132.